The normalized spacial score (nSPS) is 19.2. The fraction of sp³-hybridized carbons (Fsp3) is 0.900. The van der Waals surface area contributed by atoms with E-state index in [9.17, 15) is 4.79 Å². The highest BCUT2D eigenvalue weighted by molar-refractivity contribution is 5.74. The van der Waals surface area contributed by atoms with Crippen LogP contribution in [0.3, 0.4) is 0 Å². The van der Waals surface area contributed by atoms with Crippen LogP contribution in [0.1, 0.15) is 45.4 Å². The molecule has 0 aliphatic heterocycles. The molecule has 3 heteroatoms. The molecule has 1 aliphatic rings. The molecule has 0 unspecified atom stereocenters. The maximum absolute atomic E-state index is 11.2. The van der Waals surface area contributed by atoms with Crippen molar-refractivity contribution >= 4 is 6.03 Å². The van der Waals surface area contributed by atoms with Crippen LogP contribution in [0.4, 0.5) is 4.79 Å². The van der Waals surface area contributed by atoms with E-state index >= 15 is 0 Å². The molecule has 13 heavy (non-hydrogen) atoms. The molecule has 1 aliphatic carbocycles. The molecule has 0 radical (unpaired) electrons. The average molecular weight is 184 g/mol. The van der Waals surface area contributed by atoms with Crippen LogP contribution in [-0.4, -0.2) is 18.6 Å². The van der Waals surface area contributed by atoms with E-state index in [2.05, 4.69) is 10.6 Å². The lowest BCUT2D eigenvalue weighted by molar-refractivity contribution is 0.236. The standard InChI is InChI=1S/C10H20N2O/c1-2-11-10(13)12-9-7-5-3-4-6-8-9/h9H,2-8H2,1H3,(H2,11,12,13). The molecule has 3 nitrogen and oxygen atoms in total. The van der Waals surface area contributed by atoms with Crippen LogP contribution in [0.15, 0.2) is 0 Å². The van der Waals surface area contributed by atoms with E-state index in [-0.39, 0.29) is 6.03 Å². The summed E-state index contributed by atoms with van der Waals surface area (Å²) in [5, 5.41) is 5.77. The number of hydrogen-bond donors (Lipinski definition) is 2. The smallest absolute Gasteiger partial charge is 0.314 e. The topological polar surface area (TPSA) is 41.1 Å². The molecule has 0 atom stereocenters. The van der Waals surface area contributed by atoms with Gasteiger partial charge in [-0.15, -0.1) is 0 Å². The van der Waals surface area contributed by atoms with Crippen LogP contribution < -0.4 is 10.6 Å². The van der Waals surface area contributed by atoms with Crippen molar-refractivity contribution in [3.05, 3.63) is 0 Å². The quantitative estimate of drug-likeness (QED) is 0.633. The van der Waals surface area contributed by atoms with Crippen LogP contribution in [0.2, 0.25) is 0 Å². The van der Waals surface area contributed by atoms with Gasteiger partial charge in [0.15, 0.2) is 0 Å². The molecule has 1 rings (SSSR count). The van der Waals surface area contributed by atoms with Gasteiger partial charge in [0.2, 0.25) is 0 Å². The van der Waals surface area contributed by atoms with E-state index in [0.29, 0.717) is 12.6 Å². The molecular weight excluding hydrogens is 164 g/mol. The van der Waals surface area contributed by atoms with Crippen LogP contribution in [0, 0.1) is 0 Å². The maximum Gasteiger partial charge on any atom is 0.314 e. The predicted molar refractivity (Wildman–Crippen MR) is 53.7 cm³/mol. The van der Waals surface area contributed by atoms with Crippen molar-refractivity contribution in [2.45, 2.75) is 51.5 Å². The number of rotatable bonds is 2. The summed E-state index contributed by atoms with van der Waals surface area (Å²) in [7, 11) is 0. The van der Waals surface area contributed by atoms with Gasteiger partial charge in [0.1, 0.15) is 0 Å². The van der Waals surface area contributed by atoms with Crippen molar-refractivity contribution < 1.29 is 4.79 Å². The first-order chi connectivity index (χ1) is 6.33. The van der Waals surface area contributed by atoms with Crippen molar-refractivity contribution in [3.63, 3.8) is 0 Å². The van der Waals surface area contributed by atoms with E-state index in [4.69, 9.17) is 0 Å². The minimum Gasteiger partial charge on any atom is -0.338 e. The second-order valence-corrected chi connectivity index (χ2v) is 3.69. The molecule has 0 aromatic carbocycles. The number of nitrogens with one attached hydrogen (secondary N) is 2. The van der Waals surface area contributed by atoms with Gasteiger partial charge >= 0.3 is 6.03 Å². The minimum absolute atomic E-state index is 0.00519. The molecule has 2 N–H and O–H groups in total. The lowest BCUT2D eigenvalue weighted by Gasteiger charge is -2.15. The predicted octanol–water partition coefficient (Wildman–Crippen LogP) is 2.03. The van der Waals surface area contributed by atoms with E-state index in [1.165, 1.54) is 25.7 Å². The van der Waals surface area contributed by atoms with Gasteiger partial charge in [0.25, 0.3) is 0 Å². The molecule has 0 aromatic heterocycles. The first-order valence-electron chi connectivity index (χ1n) is 5.37. The fourth-order valence-corrected chi connectivity index (χ4v) is 1.82. The van der Waals surface area contributed by atoms with Crippen LogP contribution in [-0.2, 0) is 0 Å². The zero-order chi connectivity index (χ0) is 9.52. The number of carbonyl (C=O) groups excluding carboxylic acids is 1. The zero-order valence-corrected chi connectivity index (χ0v) is 8.44. The summed E-state index contributed by atoms with van der Waals surface area (Å²) in [5.74, 6) is 0. The van der Waals surface area contributed by atoms with Gasteiger partial charge in [-0.05, 0) is 19.8 Å². The Hall–Kier alpha value is -0.730. The van der Waals surface area contributed by atoms with Gasteiger partial charge in [-0.3, -0.25) is 0 Å². The number of amides is 2. The molecule has 2 amide bonds. The number of hydrogen-bond acceptors (Lipinski definition) is 1. The monoisotopic (exact) mass is 184 g/mol. The van der Waals surface area contributed by atoms with Gasteiger partial charge in [-0.25, -0.2) is 4.79 Å². The first kappa shape index (κ1) is 10.4. The third-order valence-corrected chi connectivity index (χ3v) is 2.53. The second kappa shape index (κ2) is 5.84. The second-order valence-electron chi connectivity index (χ2n) is 3.69. The highest BCUT2D eigenvalue weighted by Crippen LogP contribution is 2.16. The summed E-state index contributed by atoms with van der Waals surface area (Å²) >= 11 is 0. The van der Waals surface area contributed by atoms with Crippen LogP contribution in [0.25, 0.3) is 0 Å². The molecule has 0 saturated heterocycles. The average Bonchev–Trinajstić information content (AvgIpc) is 2.33. The van der Waals surface area contributed by atoms with Crippen molar-refractivity contribution in [3.8, 4) is 0 Å². The largest absolute Gasteiger partial charge is 0.338 e. The van der Waals surface area contributed by atoms with Gasteiger partial charge in [-0.2, -0.15) is 0 Å². The number of carbonyl (C=O) groups is 1. The maximum atomic E-state index is 11.2. The van der Waals surface area contributed by atoms with E-state index < -0.39 is 0 Å². The fourth-order valence-electron chi connectivity index (χ4n) is 1.82. The molecule has 1 saturated carbocycles. The van der Waals surface area contributed by atoms with E-state index in [1.54, 1.807) is 0 Å². The molecule has 0 aromatic rings. The Morgan fingerprint density at radius 2 is 1.85 bits per heavy atom. The number of urea groups is 1. The Kier molecular flexibility index (Phi) is 4.65. The van der Waals surface area contributed by atoms with Gasteiger partial charge in [-0.1, -0.05) is 25.7 Å². The molecule has 0 heterocycles. The van der Waals surface area contributed by atoms with Crippen molar-refractivity contribution in [2.75, 3.05) is 6.54 Å². The summed E-state index contributed by atoms with van der Waals surface area (Å²) in [6.07, 6.45) is 7.48. The third-order valence-electron chi connectivity index (χ3n) is 2.53. The summed E-state index contributed by atoms with van der Waals surface area (Å²) in [6.45, 7) is 2.64. The minimum atomic E-state index is -0.00519. The Morgan fingerprint density at radius 3 is 2.38 bits per heavy atom. The van der Waals surface area contributed by atoms with Crippen molar-refractivity contribution in [1.29, 1.82) is 0 Å². The molecule has 0 spiro atoms. The molecular formula is C10H20N2O. The van der Waals surface area contributed by atoms with Crippen molar-refractivity contribution in [2.24, 2.45) is 0 Å². The lowest BCUT2D eigenvalue weighted by atomic mass is 10.1. The highest BCUT2D eigenvalue weighted by atomic mass is 16.2. The Bertz CT molecular complexity index is 151. The Labute approximate surface area is 80.3 Å². The van der Waals surface area contributed by atoms with Crippen molar-refractivity contribution in [1.82, 2.24) is 10.6 Å². The first-order valence-corrected chi connectivity index (χ1v) is 5.37. The van der Waals surface area contributed by atoms with Gasteiger partial charge in [0.05, 0.1) is 0 Å². The van der Waals surface area contributed by atoms with Gasteiger partial charge in [0, 0.05) is 12.6 Å². The van der Waals surface area contributed by atoms with E-state index in [0.717, 1.165) is 12.8 Å². The highest BCUT2D eigenvalue weighted by Gasteiger charge is 2.13. The van der Waals surface area contributed by atoms with Crippen LogP contribution in [0.5, 0.6) is 0 Å². The summed E-state index contributed by atoms with van der Waals surface area (Å²) in [5.41, 5.74) is 0. The Morgan fingerprint density at radius 1 is 1.23 bits per heavy atom. The zero-order valence-electron chi connectivity index (χ0n) is 8.44. The van der Waals surface area contributed by atoms with Crippen LogP contribution >= 0.6 is 0 Å². The summed E-state index contributed by atoms with van der Waals surface area (Å²) in [4.78, 5) is 11.2. The third kappa shape index (κ3) is 4.15. The van der Waals surface area contributed by atoms with Gasteiger partial charge < -0.3 is 10.6 Å². The molecule has 76 valence electrons. The van der Waals surface area contributed by atoms with E-state index in [1.807, 2.05) is 6.92 Å². The molecule has 1 fully saturated rings. The molecule has 0 bridgehead atoms. The Balaban J connectivity index is 2.21. The lowest BCUT2D eigenvalue weighted by Crippen LogP contribution is -2.41. The summed E-state index contributed by atoms with van der Waals surface area (Å²) in [6, 6.07) is 0.406. The summed E-state index contributed by atoms with van der Waals surface area (Å²) < 4.78 is 0. The SMILES string of the molecule is CCNC(=O)NC1CCCCCC1.